The van der Waals surface area contributed by atoms with Crippen molar-refractivity contribution in [2.75, 3.05) is 32.8 Å². The Balaban J connectivity index is 1.66. The van der Waals surface area contributed by atoms with Crippen LogP contribution in [0.15, 0.2) is 11.1 Å². The molecule has 0 aromatic carbocycles. The smallest absolute Gasteiger partial charge is 0.246 e. The lowest BCUT2D eigenvalue weighted by molar-refractivity contribution is -0.131. The number of aromatic nitrogens is 2. The number of carbonyl (C=O) groups excluding carboxylic acids is 1. The van der Waals surface area contributed by atoms with Crippen LogP contribution >= 0.6 is 0 Å². The summed E-state index contributed by atoms with van der Waals surface area (Å²) in [6, 6.07) is 0. The molecule has 0 saturated carbocycles. The monoisotopic (exact) mass is 370 g/mol. The standard InChI is InChI=1S/C16H26N4O4S/c1-12-14(8-19(3)18-12)25(22,23)20-6-4-5-13(7-20)15(21)17-9-16(2)10-24-11-16/h8,13H,4-7,9-11H2,1-3H3,(H,17,21). The van der Waals surface area contributed by atoms with Gasteiger partial charge in [0.15, 0.2) is 0 Å². The maximum absolute atomic E-state index is 12.9. The van der Waals surface area contributed by atoms with E-state index in [2.05, 4.69) is 17.3 Å². The fourth-order valence-electron chi connectivity index (χ4n) is 3.34. The van der Waals surface area contributed by atoms with Crippen LogP contribution in [0.4, 0.5) is 0 Å². The van der Waals surface area contributed by atoms with Crippen LogP contribution in [0, 0.1) is 18.3 Å². The molecule has 2 aliphatic heterocycles. The number of ether oxygens (including phenoxy) is 1. The highest BCUT2D eigenvalue weighted by Crippen LogP contribution is 2.27. The molecular formula is C16H26N4O4S. The van der Waals surface area contributed by atoms with Crippen molar-refractivity contribution in [3.8, 4) is 0 Å². The van der Waals surface area contributed by atoms with E-state index in [-0.39, 0.29) is 28.7 Å². The Morgan fingerprint density at radius 3 is 2.76 bits per heavy atom. The summed E-state index contributed by atoms with van der Waals surface area (Å²) in [6.45, 7) is 6.28. The Labute approximate surface area is 148 Å². The van der Waals surface area contributed by atoms with Crippen molar-refractivity contribution >= 4 is 15.9 Å². The molecule has 8 nitrogen and oxygen atoms in total. The zero-order chi connectivity index (χ0) is 18.2. The Morgan fingerprint density at radius 2 is 2.20 bits per heavy atom. The van der Waals surface area contributed by atoms with Crippen LogP contribution < -0.4 is 5.32 Å². The zero-order valence-electron chi connectivity index (χ0n) is 15.0. The van der Waals surface area contributed by atoms with Crippen molar-refractivity contribution in [2.24, 2.45) is 18.4 Å². The summed E-state index contributed by atoms with van der Waals surface area (Å²) in [5.41, 5.74) is 0.482. The molecule has 3 heterocycles. The first kappa shape index (κ1) is 18.3. The van der Waals surface area contributed by atoms with Crippen LogP contribution in [-0.4, -0.2) is 61.3 Å². The van der Waals surface area contributed by atoms with Crippen molar-refractivity contribution in [3.63, 3.8) is 0 Å². The van der Waals surface area contributed by atoms with Crippen molar-refractivity contribution in [1.82, 2.24) is 19.4 Å². The first-order chi connectivity index (χ1) is 11.7. The molecule has 1 aromatic rings. The van der Waals surface area contributed by atoms with Gasteiger partial charge in [-0.3, -0.25) is 9.48 Å². The number of aryl methyl sites for hydroxylation is 2. The molecule has 0 radical (unpaired) electrons. The molecular weight excluding hydrogens is 344 g/mol. The second-order valence-corrected chi connectivity index (χ2v) is 9.38. The number of sulfonamides is 1. The molecule has 140 valence electrons. The first-order valence-electron chi connectivity index (χ1n) is 8.57. The second kappa shape index (κ2) is 6.69. The molecule has 9 heteroatoms. The first-order valence-corrected chi connectivity index (χ1v) is 10.0. The van der Waals surface area contributed by atoms with Crippen molar-refractivity contribution in [1.29, 1.82) is 0 Å². The Morgan fingerprint density at radius 1 is 1.48 bits per heavy atom. The molecule has 0 bridgehead atoms. The van der Waals surface area contributed by atoms with Crippen LogP contribution in [-0.2, 0) is 26.6 Å². The van der Waals surface area contributed by atoms with E-state index < -0.39 is 10.0 Å². The molecule has 2 fully saturated rings. The summed E-state index contributed by atoms with van der Waals surface area (Å²) in [5, 5.41) is 7.08. The van der Waals surface area contributed by atoms with Crippen LogP contribution in [0.5, 0.6) is 0 Å². The van der Waals surface area contributed by atoms with Gasteiger partial charge in [0, 0.05) is 38.3 Å². The fourth-order valence-corrected chi connectivity index (χ4v) is 5.07. The number of rotatable bonds is 5. The van der Waals surface area contributed by atoms with Gasteiger partial charge in [0.05, 0.1) is 24.8 Å². The summed E-state index contributed by atoms with van der Waals surface area (Å²) in [7, 11) is -1.93. The largest absolute Gasteiger partial charge is 0.380 e. The number of hydrogen-bond acceptors (Lipinski definition) is 5. The van der Waals surface area contributed by atoms with Gasteiger partial charge in [-0.25, -0.2) is 8.42 Å². The molecule has 2 aliphatic rings. The maximum atomic E-state index is 12.9. The van der Waals surface area contributed by atoms with E-state index in [4.69, 9.17) is 4.74 Å². The Bertz CT molecular complexity index is 754. The average molecular weight is 370 g/mol. The minimum atomic E-state index is -3.63. The summed E-state index contributed by atoms with van der Waals surface area (Å²) in [6.07, 6.45) is 2.90. The van der Waals surface area contributed by atoms with Gasteiger partial charge in [-0.15, -0.1) is 0 Å². The van der Waals surface area contributed by atoms with Gasteiger partial charge in [0.2, 0.25) is 15.9 Å². The maximum Gasteiger partial charge on any atom is 0.246 e. The summed E-state index contributed by atoms with van der Waals surface area (Å²) >= 11 is 0. The number of hydrogen-bond donors (Lipinski definition) is 1. The highest BCUT2D eigenvalue weighted by molar-refractivity contribution is 7.89. The van der Waals surface area contributed by atoms with Crippen molar-refractivity contribution in [2.45, 2.75) is 31.6 Å². The van der Waals surface area contributed by atoms with Crippen LogP contribution in [0.2, 0.25) is 0 Å². The third kappa shape index (κ3) is 3.73. The Kier molecular flexibility index (Phi) is 4.91. The fraction of sp³-hybridized carbons (Fsp3) is 0.750. The van der Waals surface area contributed by atoms with Crippen LogP contribution in [0.1, 0.15) is 25.5 Å². The summed E-state index contributed by atoms with van der Waals surface area (Å²) in [5.74, 6) is -0.388. The number of nitrogens with zero attached hydrogens (tertiary/aromatic N) is 3. The van der Waals surface area contributed by atoms with Gasteiger partial charge >= 0.3 is 0 Å². The quantitative estimate of drug-likeness (QED) is 0.804. The van der Waals surface area contributed by atoms with E-state index in [1.165, 1.54) is 15.2 Å². The normalized spacial score (nSPS) is 23.9. The molecule has 1 N–H and O–H groups in total. The molecule has 0 aliphatic carbocycles. The second-order valence-electron chi connectivity index (χ2n) is 7.48. The van der Waals surface area contributed by atoms with Gasteiger partial charge in [-0.2, -0.15) is 9.40 Å². The molecule has 2 saturated heterocycles. The molecule has 25 heavy (non-hydrogen) atoms. The predicted octanol–water partition coefficient (Wildman–Crippen LogP) is 0.282. The zero-order valence-corrected chi connectivity index (χ0v) is 15.8. The van der Waals surface area contributed by atoms with E-state index in [1.807, 2.05) is 0 Å². The summed E-state index contributed by atoms with van der Waals surface area (Å²) in [4.78, 5) is 12.7. The number of nitrogens with one attached hydrogen (secondary N) is 1. The molecule has 1 unspecified atom stereocenters. The van der Waals surface area contributed by atoms with E-state index in [9.17, 15) is 13.2 Å². The van der Waals surface area contributed by atoms with E-state index in [0.717, 1.165) is 0 Å². The lowest BCUT2D eigenvalue weighted by atomic mass is 9.88. The number of carbonyl (C=O) groups is 1. The molecule has 3 rings (SSSR count). The third-order valence-electron chi connectivity index (χ3n) is 4.93. The minimum Gasteiger partial charge on any atom is -0.380 e. The van der Waals surface area contributed by atoms with Gasteiger partial charge in [-0.1, -0.05) is 6.92 Å². The molecule has 1 aromatic heterocycles. The van der Waals surface area contributed by atoms with Gasteiger partial charge in [-0.05, 0) is 19.8 Å². The van der Waals surface area contributed by atoms with Gasteiger partial charge in [0.25, 0.3) is 0 Å². The van der Waals surface area contributed by atoms with Crippen LogP contribution in [0.3, 0.4) is 0 Å². The van der Waals surface area contributed by atoms with Gasteiger partial charge < -0.3 is 10.1 Å². The lowest BCUT2D eigenvalue weighted by Crippen LogP contribution is -2.51. The molecule has 1 atom stereocenters. The average Bonchev–Trinajstić information content (AvgIpc) is 2.90. The SMILES string of the molecule is Cc1nn(C)cc1S(=O)(=O)N1CCCC(C(=O)NCC2(C)COC2)C1. The third-order valence-corrected chi connectivity index (χ3v) is 6.90. The van der Waals surface area contributed by atoms with Gasteiger partial charge in [0.1, 0.15) is 4.90 Å². The van der Waals surface area contributed by atoms with Crippen LogP contribution in [0.25, 0.3) is 0 Å². The van der Waals surface area contributed by atoms with Crippen molar-refractivity contribution in [3.05, 3.63) is 11.9 Å². The van der Waals surface area contributed by atoms with E-state index in [1.54, 1.807) is 14.0 Å². The van der Waals surface area contributed by atoms with E-state index in [0.29, 0.717) is 44.8 Å². The summed E-state index contributed by atoms with van der Waals surface area (Å²) < 4.78 is 33.9. The van der Waals surface area contributed by atoms with E-state index >= 15 is 0 Å². The predicted molar refractivity (Wildman–Crippen MR) is 91.4 cm³/mol. The molecule has 1 amide bonds. The number of amides is 1. The van der Waals surface area contributed by atoms with Crippen molar-refractivity contribution < 1.29 is 17.9 Å². The minimum absolute atomic E-state index is 0.00289. The highest BCUT2D eigenvalue weighted by atomic mass is 32.2. The highest BCUT2D eigenvalue weighted by Gasteiger charge is 2.37. The molecule has 0 spiro atoms. The number of piperidine rings is 1. The topological polar surface area (TPSA) is 93.5 Å². The lowest BCUT2D eigenvalue weighted by Gasteiger charge is -2.38. The Hall–Kier alpha value is -1.45.